The molecule has 3 heterocycles. The molecular weight excluding hydrogens is 410 g/mol. The summed E-state index contributed by atoms with van der Waals surface area (Å²) >= 11 is 0. The van der Waals surface area contributed by atoms with E-state index in [1.807, 2.05) is 19.3 Å². The summed E-state index contributed by atoms with van der Waals surface area (Å²) in [6.45, 7) is 30.1. The number of H-pyrrole nitrogens is 2. The van der Waals surface area contributed by atoms with Crippen LogP contribution in [0, 0.1) is 13.8 Å². The molecule has 3 aromatic heterocycles. The van der Waals surface area contributed by atoms with E-state index in [4.69, 9.17) is 4.42 Å². The Hall–Kier alpha value is -2.37. The van der Waals surface area contributed by atoms with Crippen LogP contribution in [-0.2, 0) is 21.7 Å². The van der Waals surface area contributed by atoms with Gasteiger partial charge in [0.2, 0.25) is 0 Å². The molecule has 0 saturated heterocycles. The van der Waals surface area contributed by atoms with Gasteiger partial charge in [-0.05, 0) is 30.4 Å². The summed E-state index contributed by atoms with van der Waals surface area (Å²) in [5, 5.41) is 13.8. The van der Waals surface area contributed by atoms with Gasteiger partial charge in [-0.15, -0.1) is 0 Å². The highest BCUT2D eigenvalue weighted by molar-refractivity contribution is 5.24. The molecule has 0 aliphatic rings. The minimum atomic E-state index is 0.0408. The molecule has 0 atom stereocenters. The smallest absolute Gasteiger partial charge is 0.181 e. The van der Waals surface area contributed by atoms with Crippen LogP contribution in [0.15, 0.2) is 23.2 Å². The summed E-state index contributed by atoms with van der Waals surface area (Å²) in [5.41, 5.74) is 6.53. The third kappa shape index (κ3) is 8.49. The fourth-order valence-electron chi connectivity index (χ4n) is 3.52. The molecule has 2 N–H and O–H groups in total. The second-order valence-electron chi connectivity index (χ2n) is 12.9. The predicted molar refractivity (Wildman–Crippen MR) is 138 cm³/mol. The minimum Gasteiger partial charge on any atom is -0.448 e. The molecule has 0 saturated carbocycles. The lowest BCUT2D eigenvalue weighted by Gasteiger charge is -2.22. The van der Waals surface area contributed by atoms with Crippen LogP contribution in [0.5, 0.6) is 0 Å². The van der Waals surface area contributed by atoms with E-state index in [1.54, 1.807) is 6.39 Å². The van der Waals surface area contributed by atoms with Gasteiger partial charge in [0.05, 0.1) is 18.1 Å². The maximum Gasteiger partial charge on any atom is 0.181 e. The Morgan fingerprint density at radius 3 is 1.45 bits per heavy atom. The van der Waals surface area contributed by atoms with Gasteiger partial charge in [0.1, 0.15) is 5.76 Å². The Morgan fingerprint density at radius 2 is 1.21 bits per heavy atom. The van der Waals surface area contributed by atoms with Gasteiger partial charge < -0.3 is 4.42 Å². The van der Waals surface area contributed by atoms with Crippen LogP contribution < -0.4 is 0 Å². The van der Waals surface area contributed by atoms with Crippen molar-refractivity contribution in [1.82, 2.24) is 25.4 Å². The number of hydrogen-bond acceptors (Lipinski definition) is 4. The molecule has 0 aliphatic carbocycles. The highest BCUT2D eigenvalue weighted by Crippen LogP contribution is 2.32. The monoisotopic (exact) mass is 457 g/mol. The van der Waals surface area contributed by atoms with Crippen LogP contribution in [0.25, 0.3) is 0 Å². The molecule has 0 fully saturated rings. The van der Waals surface area contributed by atoms with Crippen LogP contribution in [0.1, 0.15) is 117 Å². The third-order valence-electron chi connectivity index (χ3n) is 5.18. The highest BCUT2D eigenvalue weighted by atomic mass is 16.3. The van der Waals surface area contributed by atoms with E-state index >= 15 is 0 Å². The maximum atomic E-state index is 5.44. The van der Waals surface area contributed by atoms with Gasteiger partial charge in [0.25, 0.3) is 0 Å². The average Bonchev–Trinajstić information content (AvgIpc) is 3.32. The zero-order valence-electron chi connectivity index (χ0n) is 23.5. The summed E-state index contributed by atoms with van der Waals surface area (Å²) in [4.78, 5) is 4.29. The molecule has 0 amide bonds. The van der Waals surface area contributed by atoms with E-state index in [0.717, 1.165) is 11.5 Å². The summed E-state index contributed by atoms with van der Waals surface area (Å²) in [6.07, 6.45) is 5.30. The average molecular weight is 458 g/mol. The summed E-state index contributed by atoms with van der Waals surface area (Å²) in [5.74, 6) is 1.00. The second kappa shape index (κ2) is 10.3. The first-order chi connectivity index (χ1) is 14.8. The summed E-state index contributed by atoms with van der Waals surface area (Å²) in [7, 11) is 0. The van der Waals surface area contributed by atoms with Gasteiger partial charge in [-0.3, -0.25) is 10.2 Å². The molecule has 6 nitrogen and oxygen atoms in total. The number of aryl methyl sites for hydroxylation is 2. The van der Waals surface area contributed by atoms with E-state index in [9.17, 15) is 0 Å². The molecule has 0 radical (unpaired) electrons. The van der Waals surface area contributed by atoms with E-state index in [0.29, 0.717) is 0 Å². The molecule has 3 rings (SSSR count). The van der Waals surface area contributed by atoms with Crippen molar-refractivity contribution >= 4 is 0 Å². The van der Waals surface area contributed by atoms with E-state index < -0.39 is 0 Å². The van der Waals surface area contributed by atoms with Gasteiger partial charge in [-0.1, -0.05) is 83.1 Å². The maximum absolute atomic E-state index is 5.44. The summed E-state index contributed by atoms with van der Waals surface area (Å²) in [6, 6.07) is 0. The first kappa shape index (κ1) is 28.7. The SMILES string of the molecule is CC(C)(C)c1ncoc1C(C)(C)C.Cc1[nH]ncc1C(C)(C)C.Cc1cn[nH]c1C(C)(C)C. The van der Waals surface area contributed by atoms with E-state index in [1.165, 1.54) is 22.5 Å². The molecule has 0 bridgehead atoms. The Labute approximate surface area is 201 Å². The number of aromatic amines is 2. The molecule has 6 heteroatoms. The molecule has 33 heavy (non-hydrogen) atoms. The zero-order chi connectivity index (χ0) is 25.8. The van der Waals surface area contributed by atoms with Crippen molar-refractivity contribution in [3.8, 4) is 0 Å². The number of oxazole rings is 1. The van der Waals surface area contributed by atoms with Crippen molar-refractivity contribution in [2.24, 2.45) is 0 Å². The molecule has 3 aromatic rings. The Morgan fingerprint density at radius 1 is 0.667 bits per heavy atom. The molecular formula is C27H47N5O. The third-order valence-corrected chi connectivity index (χ3v) is 5.18. The molecule has 186 valence electrons. The van der Waals surface area contributed by atoms with Crippen LogP contribution in [0.4, 0.5) is 0 Å². The first-order valence-electron chi connectivity index (χ1n) is 11.7. The fourth-order valence-corrected chi connectivity index (χ4v) is 3.52. The van der Waals surface area contributed by atoms with Gasteiger partial charge in [-0.2, -0.15) is 10.2 Å². The Bertz CT molecular complexity index is 901. The largest absolute Gasteiger partial charge is 0.448 e. The van der Waals surface area contributed by atoms with Gasteiger partial charge in [-0.25, -0.2) is 4.98 Å². The molecule has 0 aliphatic heterocycles. The van der Waals surface area contributed by atoms with Crippen LogP contribution in [0.2, 0.25) is 0 Å². The van der Waals surface area contributed by atoms with E-state index in [2.05, 4.69) is 115 Å². The van der Waals surface area contributed by atoms with Crippen molar-refractivity contribution in [3.63, 3.8) is 0 Å². The Balaban J connectivity index is 0.000000251. The van der Waals surface area contributed by atoms with Crippen LogP contribution >= 0.6 is 0 Å². The Kier molecular flexibility index (Phi) is 8.92. The normalized spacial score (nSPS) is 12.5. The van der Waals surface area contributed by atoms with E-state index in [-0.39, 0.29) is 21.7 Å². The lowest BCUT2D eigenvalue weighted by atomic mass is 9.83. The number of rotatable bonds is 0. The topological polar surface area (TPSA) is 83.4 Å². The van der Waals surface area contributed by atoms with Crippen LogP contribution in [-0.4, -0.2) is 25.4 Å². The van der Waals surface area contributed by atoms with Crippen molar-refractivity contribution in [2.45, 2.75) is 119 Å². The van der Waals surface area contributed by atoms with Crippen LogP contribution in [0.3, 0.4) is 0 Å². The number of aromatic nitrogens is 5. The van der Waals surface area contributed by atoms with Gasteiger partial charge in [0.15, 0.2) is 6.39 Å². The lowest BCUT2D eigenvalue weighted by molar-refractivity contribution is 0.392. The summed E-state index contributed by atoms with van der Waals surface area (Å²) < 4.78 is 5.44. The standard InChI is InChI=1S/C11H19NO.2C8H14N2/c1-10(2,3)8-9(11(4,5)6)13-7-12-8;1-6-7(5-9-10-6)8(2,3)4;1-6-5-9-10-7(6)8(2,3)4/h7H,1-6H3;2*5H,1-4H3,(H,9,10). The number of nitrogens with one attached hydrogen (secondary N) is 2. The predicted octanol–water partition coefficient (Wildman–Crippen LogP) is 7.30. The number of hydrogen-bond donors (Lipinski definition) is 2. The molecule has 0 aromatic carbocycles. The second-order valence-corrected chi connectivity index (χ2v) is 12.9. The fraction of sp³-hybridized carbons (Fsp3) is 0.667. The van der Waals surface area contributed by atoms with Crippen molar-refractivity contribution in [2.75, 3.05) is 0 Å². The van der Waals surface area contributed by atoms with Gasteiger partial charge >= 0.3 is 0 Å². The zero-order valence-corrected chi connectivity index (χ0v) is 23.5. The highest BCUT2D eigenvalue weighted by Gasteiger charge is 2.29. The van der Waals surface area contributed by atoms with Gasteiger partial charge in [0, 0.05) is 27.6 Å². The molecule has 0 spiro atoms. The first-order valence-corrected chi connectivity index (χ1v) is 11.7. The van der Waals surface area contributed by atoms with Crippen molar-refractivity contribution < 1.29 is 4.42 Å². The van der Waals surface area contributed by atoms with Crippen molar-refractivity contribution in [1.29, 1.82) is 0 Å². The number of nitrogens with zero attached hydrogens (tertiary/aromatic N) is 3. The lowest BCUT2D eigenvalue weighted by Crippen LogP contribution is -2.20. The quantitative estimate of drug-likeness (QED) is 0.371. The molecule has 0 unspecified atom stereocenters. The van der Waals surface area contributed by atoms with Crippen molar-refractivity contribution in [3.05, 3.63) is 52.8 Å². The minimum absolute atomic E-state index is 0.0408.